The van der Waals surface area contributed by atoms with E-state index in [1.54, 1.807) is 31.6 Å². The summed E-state index contributed by atoms with van der Waals surface area (Å²) in [5.74, 6) is 0.170. The van der Waals surface area contributed by atoms with Gasteiger partial charge >= 0.3 is 5.97 Å². The molecule has 0 spiro atoms. The van der Waals surface area contributed by atoms with Crippen LogP contribution in [0.1, 0.15) is 39.9 Å². The molecule has 3 aromatic heterocycles. The molecule has 10 heteroatoms. The number of carbonyl (C=O) groups excluding carboxylic acids is 1. The van der Waals surface area contributed by atoms with Crippen LogP contribution in [0, 0.1) is 0 Å². The molecule has 34 heavy (non-hydrogen) atoms. The van der Waals surface area contributed by atoms with E-state index in [0.717, 1.165) is 23.3 Å². The molecule has 0 amide bonds. The summed E-state index contributed by atoms with van der Waals surface area (Å²) >= 11 is 0. The van der Waals surface area contributed by atoms with Crippen molar-refractivity contribution < 1.29 is 29.0 Å². The van der Waals surface area contributed by atoms with Crippen LogP contribution in [-0.2, 0) is 22.5 Å². The number of hydrogen-bond donors (Lipinski definition) is 2. The van der Waals surface area contributed by atoms with Crippen molar-refractivity contribution in [2.75, 3.05) is 18.1 Å². The van der Waals surface area contributed by atoms with E-state index in [4.69, 9.17) is 19.1 Å². The lowest BCUT2D eigenvalue weighted by Crippen LogP contribution is -2.31. The summed E-state index contributed by atoms with van der Waals surface area (Å²) < 4.78 is 11.2. The molecule has 0 aromatic carbocycles. The monoisotopic (exact) mass is 462 g/mol. The molecule has 0 saturated carbocycles. The molecule has 3 aromatic rings. The first kappa shape index (κ1) is 22.7. The van der Waals surface area contributed by atoms with Crippen molar-refractivity contribution in [1.29, 1.82) is 0 Å². The second-order valence-electron chi connectivity index (χ2n) is 7.33. The Kier molecular flexibility index (Phi) is 6.67. The summed E-state index contributed by atoms with van der Waals surface area (Å²) in [7, 11) is 0. The van der Waals surface area contributed by atoms with Gasteiger partial charge in [-0.05, 0) is 43.2 Å². The highest BCUT2D eigenvalue weighted by Gasteiger charge is 2.32. The number of carboxylic acid groups (broad SMARTS) is 1. The van der Waals surface area contributed by atoms with Crippen LogP contribution in [0.2, 0.25) is 0 Å². The second kappa shape index (κ2) is 9.99. The number of rotatable bonds is 4. The second-order valence-corrected chi connectivity index (χ2v) is 7.33. The largest absolute Gasteiger partial charge is 0.504 e. The van der Waals surface area contributed by atoms with E-state index in [0.29, 0.717) is 18.9 Å². The summed E-state index contributed by atoms with van der Waals surface area (Å²) in [5.41, 5.74) is 3.67. The number of nitrogens with zero attached hydrogens (tertiary/aromatic N) is 4. The van der Waals surface area contributed by atoms with Gasteiger partial charge in [0, 0.05) is 36.3 Å². The minimum absolute atomic E-state index is 0.0226. The molecule has 2 N–H and O–H groups in total. The van der Waals surface area contributed by atoms with Gasteiger partial charge < -0.3 is 24.3 Å². The Hall–Kier alpha value is -4.47. The van der Waals surface area contributed by atoms with Crippen LogP contribution in [0.3, 0.4) is 0 Å². The number of aromatic nitrogens is 2. The van der Waals surface area contributed by atoms with Crippen LogP contribution in [0.4, 0.5) is 11.7 Å². The van der Waals surface area contributed by atoms with Crippen LogP contribution in [0.15, 0.2) is 46.1 Å². The Morgan fingerprint density at radius 1 is 1.26 bits per heavy atom. The maximum Gasteiger partial charge on any atom is 0.347 e. The lowest BCUT2D eigenvalue weighted by atomic mass is 10.0. The van der Waals surface area contributed by atoms with E-state index in [2.05, 4.69) is 15.0 Å². The van der Waals surface area contributed by atoms with Gasteiger partial charge in [0.15, 0.2) is 22.9 Å². The molecule has 0 aliphatic carbocycles. The van der Waals surface area contributed by atoms with Crippen LogP contribution in [-0.4, -0.2) is 52.0 Å². The average Bonchev–Trinajstić information content (AvgIpc) is 3.41. The van der Waals surface area contributed by atoms with E-state index in [1.165, 1.54) is 5.56 Å². The molecule has 10 nitrogen and oxygen atoms in total. The van der Waals surface area contributed by atoms with Crippen molar-refractivity contribution in [2.45, 2.75) is 19.9 Å². The van der Waals surface area contributed by atoms with Gasteiger partial charge in [-0.15, -0.1) is 0 Å². The van der Waals surface area contributed by atoms with Crippen molar-refractivity contribution in [3.8, 4) is 5.75 Å². The van der Waals surface area contributed by atoms with E-state index in [-0.39, 0.29) is 36.0 Å². The molecule has 0 unspecified atom stereocenters. The van der Waals surface area contributed by atoms with Gasteiger partial charge in [0.25, 0.3) is 6.47 Å². The predicted molar refractivity (Wildman–Crippen MR) is 124 cm³/mol. The minimum atomic E-state index is -0.627. The number of fused-ring (bicyclic) bond motifs is 2. The molecule has 0 bridgehead atoms. The molecular weight excluding hydrogens is 440 g/mol. The number of anilines is 1. The number of aliphatic imine (C=N–C) groups is 1. The SMILES string of the molecule is CCOC(=O)c1c(N2CCc3cccnc3C2)oc(C=C2C=Nc3ncccc32)c1O.O=CO. The normalized spacial score (nSPS) is 14.7. The van der Waals surface area contributed by atoms with Crippen LogP contribution in [0.25, 0.3) is 11.6 Å². The van der Waals surface area contributed by atoms with Crippen molar-refractivity contribution in [2.24, 2.45) is 4.99 Å². The fourth-order valence-corrected chi connectivity index (χ4v) is 3.85. The van der Waals surface area contributed by atoms with E-state index in [9.17, 15) is 9.90 Å². The number of furan rings is 1. The Balaban J connectivity index is 0.000000868. The zero-order chi connectivity index (χ0) is 24.1. The molecule has 5 rings (SSSR count). The van der Waals surface area contributed by atoms with E-state index >= 15 is 0 Å². The molecular formula is C24H22N4O6. The zero-order valence-corrected chi connectivity index (χ0v) is 18.3. The number of hydrogen-bond acceptors (Lipinski definition) is 9. The highest BCUT2D eigenvalue weighted by Crippen LogP contribution is 2.41. The smallest absolute Gasteiger partial charge is 0.347 e. The van der Waals surface area contributed by atoms with Gasteiger partial charge in [0.05, 0.1) is 18.8 Å². The first-order valence-corrected chi connectivity index (χ1v) is 10.6. The fraction of sp³-hybridized carbons (Fsp3) is 0.208. The average molecular weight is 462 g/mol. The summed E-state index contributed by atoms with van der Waals surface area (Å²) in [6.07, 6.45) is 7.49. The number of ether oxygens (including phenoxy) is 1. The quantitative estimate of drug-likeness (QED) is 0.441. The molecule has 0 fully saturated rings. The Labute approximate surface area is 194 Å². The van der Waals surface area contributed by atoms with Crippen molar-refractivity contribution in [3.05, 3.63) is 64.8 Å². The standard InChI is InChI=1S/C23H20N4O4.CH2O2/c1-2-30-23(29)19-20(28)18(11-15-12-26-21-16(15)6-4-9-25-21)31-22(19)27-10-7-14-5-3-8-24-17(14)13-27;2-1-3/h3-6,8-9,11-12,28H,2,7,10,13H2,1H3;1H,(H,2,3). The third kappa shape index (κ3) is 4.38. The number of allylic oxidation sites excluding steroid dienone is 1. The zero-order valence-electron chi connectivity index (χ0n) is 18.3. The highest BCUT2D eigenvalue weighted by atomic mass is 16.5. The molecule has 2 aliphatic rings. The van der Waals surface area contributed by atoms with Crippen LogP contribution < -0.4 is 4.90 Å². The third-order valence-electron chi connectivity index (χ3n) is 5.34. The first-order chi connectivity index (χ1) is 16.6. The molecule has 0 radical (unpaired) electrons. The van der Waals surface area contributed by atoms with Gasteiger partial charge in [-0.3, -0.25) is 9.78 Å². The fourth-order valence-electron chi connectivity index (χ4n) is 3.85. The van der Waals surface area contributed by atoms with Crippen molar-refractivity contribution in [3.63, 3.8) is 0 Å². The topological polar surface area (TPSA) is 138 Å². The minimum Gasteiger partial charge on any atom is -0.504 e. The number of carbonyl (C=O) groups is 2. The Morgan fingerprint density at radius 3 is 2.82 bits per heavy atom. The molecule has 0 saturated heterocycles. The van der Waals surface area contributed by atoms with Gasteiger partial charge in [-0.2, -0.15) is 0 Å². The molecule has 0 atom stereocenters. The molecule has 2 aliphatic heterocycles. The number of aromatic hydroxyl groups is 1. The van der Waals surface area contributed by atoms with Gasteiger partial charge in [0.2, 0.25) is 5.88 Å². The van der Waals surface area contributed by atoms with Gasteiger partial charge in [0.1, 0.15) is 0 Å². The van der Waals surface area contributed by atoms with Gasteiger partial charge in [-0.1, -0.05) is 6.07 Å². The van der Waals surface area contributed by atoms with E-state index in [1.807, 2.05) is 29.2 Å². The third-order valence-corrected chi connectivity index (χ3v) is 5.34. The summed E-state index contributed by atoms with van der Waals surface area (Å²) in [5, 5.41) is 17.8. The Morgan fingerprint density at radius 2 is 2.03 bits per heavy atom. The summed E-state index contributed by atoms with van der Waals surface area (Å²) in [4.78, 5) is 35.9. The van der Waals surface area contributed by atoms with E-state index < -0.39 is 5.97 Å². The summed E-state index contributed by atoms with van der Waals surface area (Å²) in [6, 6.07) is 7.67. The van der Waals surface area contributed by atoms with Crippen molar-refractivity contribution in [1.82, 2.24) is 9.97 Å². The molecule has 5 heterocycles. The molecule has 174 valence electrons. The van der Waals surface area contributed by atoms with Crippen LogP contribution >= 0.6 is 0 Å². The predicted octanol–water partition coefficient (Wildman–Crippen LogP) is 3.47. The van der Waals surface area contributed by atoms with Gasteiger partial charge in [-0.25, -0.2) is 14.8 Å². The van der Waals surface area contributed by atoms with Crippen LogP contribution in [0.5, 0.6) is 5.75 Å². The first-order valence-electron chi connectivity index (χ1n) is 10.6. The number of pyridine rings is 2. The van der Waals surface area contributed by atoms with Crippen molar-refractivity contribution >= 4 is 42.0 Å². The highest BCUT2D eigenvalue weighted by molar-refractivity contribution is 6.21. The maximum atomic E-state index is 12.7. The maximum absolute atomic E-state index is 12.7. The lowest BCUT2D eigenvalue weighted by Gasteiger charge is -2.28. The lowest BCUT2D eigenvalue weighted by molar-refractivity contribution is -0.122. The Bertz CT molecular complexity index is 1280. The summed E-state index contributed by atoms with van der Waals surface area (Å²) in [6.45, 7) is 2.76. The number of esters is 1.